The molecule has 0 spiro atoms. The van der Waals surface area contributed by atoms with Crippen LogP contribution in [0.5, 0.6) is 0 Å². The summed E-state index contributed by atoms with van der Waals surface area (Å²) in [6.07, 6.45) is -0.327. The van der Waals surface area contributed by atoms with Gasteiger partial charge in [0.1, 0.15) is 5.60 Å². The first-order chi connectivity index (χ1) is 11.2. The Balaban J connectivity index is 2.33. The van der Waals surface area contributed by atoms with Crippen LogP contribution in [0.3, 0.4) is 0 Å². The zero-order valence-corrected chi connectivity index (χ0v) is 15.6. The number of likely N-dealkylation sites (N-methyl/N-ethyl adjacent to an activating group) is 1. The summed E-state index contributed by atoms with van der Waals surface area (Å²) in [4.78, 5) is 17.6. The predicted molar refractivity (Wildman–Crippen MR) is 98.2 cm³/mol. The van der Waals surface area contributed by atoms with Gasteiger partial charge in [0.15, 0.2) is 5.96 Å². The van der Waals surface area contributed by atoms with Gasteiger partial charge in [-0.2, -0.15) is 0 Å². The van der Waals surface area contributed by atoms with Crippen molar-refractivity contribution in [1.82, 2.24) is 15.5 Å². The molecule has 1 rings (SSSR count). The van der Waals surface area contributed by atoms with Crippen molar-refractivity contribution in [3.05, 3.63) is 35.4 Å². The molecule has 2 N–H and O–H groups in total. The van der Waals surface area contributed by atoms with E-state index in [4.69, 9.17) is 4.74 Å². The van der Waals surface area contributed by atoms with Crippen LogP contribution in [0.25, 0.3) is 0 Å². The summed E-state index contributed by atoms with van der Waals surface area (Å²) in [7, 11) is 3.44. The summed E-state index contributed by atoms with van der Waals surface area (Å²) in [5.41, 5.74) is 1.95. The Morgan fingerprint density at radius 2 is 1.83 bits per heavy atom. The maximum absolute atomic E-state index is 11.9. The SMILES string of the molecule is CN=C(NCCN(C)C(=O)OC(C)(C)C)NCc1ccc(C)cc1. The number of guanidine groups is 1. The number of carbonyl (C=O) groups excluding carboxylic acids is 1. The molecular formula is C18H30N4O2. The highest BCUT2D eigenvalue weighted by molar-refractivity contribution is 5.79. The number of aryl methyl sites for hydroxylation is 1. The van der Waals surface area contributed by atoms with Crippen LogP contribution in [0, 0.1) is 6.92 Å². The molecule has 0 saturated heterocycles. The number of amides is 1. The molecule has 1 amide bonds. The van der Waals surface area contributed by atoms with Crippen LogP contribution in [-0.2, 0) is 11.3 Å². The monoisotopic (exact) mass is 334 g/mol. The van der Waals surface area contributed by atoms with E-state index in [0.29, 0.717) is 25.6 Å². The van der Waals surface area contributed by atoms with E-state index >= 15 is 0 Å². The molecule has 6 nitrogen and oxygen atoms in total. The second-order valence-electron chi connectivity index (χ2n) is 6.74. The number of aliphatic imine (C=N–C) groups is 1. The van der Waals surface area contributed by atoms with Gasteiger partial charge in [-0.1, -0.05) is 29.8 Å². The van der Waals surface area contributed by atoms with Crippen LogP contribution in [0.2, 0.25) is 0 Å². The Hall–Kier alpha value is -2.24. The molecule has 0 fully saturated rings. The van der Waals surface area contributed by atoms with Crippen molar-refractivity contribution in [3.63, 3.8) is 0 Å². The average Bonchev–Trinajstić information content (AvgIpc) is 2.50. The van der Waals surface area contributed by atoms with Gasteiger partial charge in [0.2, 0.25) is 0 Å². The third-order valence-electron chi connectivity index (χ3n) is 3.25. The van der Waals surface area contributed by atoms with E-state index in [1.54, 1.807) is 19.0 Å². The molecule has 134 valence electrons. The normalized spacial score (nSPS) is 11.8. The standard InChI is InChI=1S/C18H30N4O2/c1-14-7-9-15(10-8-14)13-21-16(19-5)20-11-12-22(6)17(23)24-18(2,3)4/h7-10H,11-13H2,1-6H3,(H2,19,20,21). The molecule has 0 bridgehead atoms. The van der Waals surface area contributed by atoms with Gasteiger partial charge in [0.05, 0.1) is 0 Å². The van der Waals surface area contributed by atoms with Gasteiger partial charge in [0.25, 0.3) is 0 Å². The highest BCUT2D eigenvalue weighted by Gasteiger charge is 2.19. The van der Waals surface area contributed by atoms with E-state index in [2.05, 4.69) is 46.8 Å². The molecule has 0 radical (unpaired) electrons. The summed E-state index contributed by atoms with van der Waals surface area (Å²) in [6, 6.07) is 8.35. The van der Waals surface area contributed by atoms with Crippen molar-refractivity contribution in [2.75, 3.05) is 27.2 Å². The molecule has 1 aromatic carbocycles. The van der Waals surface area contributed by atoms with Crippen LogP contribution >= 0.6 is 0 Å². The molecule has 0 aromatic heterocycles. The second-order valence-corrected chi connectivity index (χ2v) is 6.74. The molecule has 6 heteroatoms. The van der Waals surface area contributed by atoms with Gasteiger partial charge in [-0.15, -0.1) is 0 Å². The second kappa shape index (κ2) is 9.15. The summed E-state index contributed by atoms with van der Waals surface area (Å²) in [6.45, 7) is 9.44. The molecule has 0 saturated carbocycles. The lowest BCUT2D eigenvalue weighted by Crippen LogP contribution is -2.42. The molecule has 0 aliphatic heterocycles. The minimum absolute atomic E-state index is 0.327. The first kappa shape index (κ1) is 19.8. The van der Waals surface area contributed by atoms with Crippen molar-refractivity contribution in [1.29, 1.82) is 0 Å². The van der Waals surface area contributed by atoms with Crippen molar-refractivity contribution >= 4 is 12.1 Å². The first-order valence-corrected chi connectivity index (χ1v) is 8.15. The minimum atomic E-state index is -0.482. The molecule has 0 aliphatic rings. The van der Waals surface area contributed by atoms with E-state index < -0.39 is 5.60 Å². The van der Waals surface area contributed by atoms with Crippen LogP contribution in [0.15, 0.2) is 29.3 Å². The lowest BCUT2D eigenvalue weighted by molar-refractivity contribution is 0.0302. The van der Waals surface area contributed by atoms with Gasteiger partial charge in [-0.25, -0.2) is 4.79 Å². The summed E-state index contributed by atoms with van der Waals surface area (Å²) >= 11 is 0. The molecule has 0 aliphatic carbocycles. The van der Waals surface area contributed by atoms with Crippen LogP contribution in [0.4, 0.5) is 4.79 Å². The van der Waals surface area contributed by atoms with Crippen LogP contribution in [-0.4, -0.2) is 49.7 Å². The van der Waals surface area contributed by atoms with E-state index in [1.165, 1.54) is 11.1 Å². The van der Waals surface area contributed by atoms with Crippen molar-refractivity contribution in [3.8, 4) is 0 Å². The third kappa shape index (κ3) is 7.85. The fourth-order valence-electron chi connectivity index (χ4n) is 1.89. The maximum Gasteiger partial charge on any atom is 0.410 e. The van der Waals surface area contributed by atoms with Gasteiger partial charge < -0.3 is 20.3 Å². The van der Waals surface area contributed by atoms with Crippen molar-refractivity contribution in [2.45, 2.75) is 39.8 Å². The molecule has 0 unspecified atom stereocenters. The smallest absolute Gasteiger partial charge is 0.410 e. The average molecular weight is 334 g/mol. The minimum Gasteiger partial charge on any atom is -0.444 e. The van der Waals surface area contributed by atoms with E-state index in [0.717, 1.165) is 0 Å². The van der Waals surface area contributed by atoms with Crippen LogP contribution in [0.1, 0.15) is 31.9 Å². The molecular weight excluding hydrogens is 304 g/mol. The summed E-state index contributed by atoms with van der Waals surface area (Å²) < 4.78 is 5.31. The van der Waals surface area contributed by atoms with Gasteiger partial charge in [0, 0.05) is 33.7 Å². The molecule has 0 atom stereocenters. The van der Waals surface area contributed by atoms with E-state index in [1.807, 2.05) is 20.8 Å². The first-order valence-electron chi connectivity index (χ1n) is 8.15. The number of benzene rings is 1. The number of hydrogen-bond acceptors (Lipinski definition) is 3. The fourth-order valence-corrected chi connectivity index (χ4v) is 1.89. The van der Waals surface area contributed by atoms with Gasteiger partial charge >= 0.3 is 6.09 Å². The molecule has 1 aromatic rings. The lowest BCUT2D eigenvalue weighted by atomic mass is 10.1. The summed E-state index contributed by atoms with van der Waals surface area (Å²) in [5.74, 6) is 0.702. The number of nitrogens with zero attached hydrogens (tertiary/aromatic N) is 2. The zero-order valence-electron chi connectivity index (χ0n) is 15.6. The Morgan fingerprint density at radius 1 is 1.21 bits per heavy atom. The number of carbonyl (C=O) groups is 1. The van der Waals surface area contributed by atoms with Crippen molar-refractivity contribution in [2.24, 2.45) is 4.99 Å². The quantitative estimate of drug-likeness (QED) is 0.641. The highest BCUT2D eigenvalue weighted by atomic mass is 16.6. The van der Waals surface area contributed by atoms with Crippen molar-refractivity contribution < 1.29 is 9.53 Å². The zero-order chi connectivity index (χ0) is 18.2. The lowest BCUT2D eigenvalue weighted by Gasteiger charge is -2.24. The highest BCUT2D eigenvalue weighted by Crippen LogP contribution is 2.08. The van der Waals surface area contributed by atoms with Crippen LogP contribution < -0.4 is 10.6 Å². The predicted octanol–water partition coefficient (Wildman–Crippen LogP) is 2.53. The topological polar surface area (TPSA) is 66.0 Å². The molecule has 24 heavy (non-hydrogen) atoms. The summed E-state index contributed by atoms with van der Waals surface area (Å²) in [5, 5.41) is 6.44. The number of nitrogens with one attached hydrogen (secondary N) is 2. The van der Waals surface area contributed by atoms with E-state index in [-0.39, 0.29) is 6.09 Å². The van der Waals surface area contributed by atoms with Gasteiger partial charge in [-0.3, -0.25) is 4.99 Å². The third-order valence-corrected chi connectivity index (χ3v) is 3.25. The fraction of sp³-hybridized carbons (Fsp3) is 0.556. The number of rotatable bonds is 5. The Bertz CT molecular complexity index is 547. The number of ether oxygens (including phenoxy) is 1. The molecule has 0 heterocycles. The Morgan fingerprint density at radius 3 is 2.38 bits per heavy atom. The van der Waals surface area contributed by atoms with E-state index in [9.17, 15) is 4.79 Å². The largest absolute Gasteiger partial charge is 0.444 e. The Labute approximate surface area is 145 Å². The van der Waals surface area contributed by atoms with Gasteiger partial charge in [-0.05, 0) is 33.3 Å². The number of hydrogen-bond donors (Lipinski definition) is 2. The Kier molecular flexibility index (Phi) is 7.55. The maximum atomic E-state index is 11.9.